The first kappa shape index (κ1) is 14.6. The second-order valence-corrected chi connectivity index (χ2v) is 5.81. The number of ether oxygens (including phenoxy) is 1. The average Bonchev–Trinajstić information content (AvgIpc) is 2.46. The summed E-state index contributed by atoms with van der Waals surface area (Å²) in [7, 11) is 0. The summed E-state index contributed by atoms with van der Waals surface area (Å²) in [4.78, 5) is 0. The summed E-state index contributed by atoms with van der Waals surface area (Å²) >= 11 is 3.48. The fourth-order valence-corrected chi connectivity index (χ4v) is 2.39. The van der Waals surface area contributed by atoms with E-state index in [1.165, 1.54) is 0 Å². The highest BCUT2D eigenvalue weighted by Gasteiger charge is 2.09. The quantitative estimate of drug-likeness (QED) is 0.788. The molecule has 0 aromatic heterocycles. The van der Waals surface area contributed by atoms with Gasteiger partial charge >= 0.3 is 0 Å². The summed E-state index contributed by atoms with van der Waals surface area (Å²) in [5.74, 6) is 1.25. The maximum atomic E-state index is 9.08. The van der Waals surface area contributed by atoms with Crippen molar-refractivity contribution >= 4 is 15.9 Å². The Morgan fingerprint density at radius 3 is 2.65 bits per heavy atom. The molecule has 0 aliphatic carbocycles. The largest absolute Gasteiger partial charge is 0.489 e. The van der Waals surface area contributed by atoms with E-state index in [1.54, 1.807) is 0 Å². The van der Waals surface area contributed by atoms with Gasteiger partial charge in [-0.05, 0) is 35.7 Å². The van der Waals surface area contributed by atoms with Crippen LogP contribution < -0.4 is 4.74 Å². The third-order valence-corrected chi connectivity index (χ3v) is 3.61. The van der Waals surface area contributed by atoms with E-state index in [1.807, 2.05) is 36.4 Å². The Bertz CT molecular complexity index is 644. The summed E-state index contributed by atoms with van der Waals surface area (Å²) in [6.07, 6.45) is 0. The summed E-state index contributed by atoms with van der Waals surface area (Å²) in [6.45, 7) is 4.68. The lowest BCUT2D eigenvalue weighted by molar-refractivity contribution is 0.301. The highest BCUT2D eigenvalue weighted by molar-refractivity contribution is 9.10. The van der Waals surface area contributed by atoms with E-state index in [0.29, 0.717) is 18.1 Å². The van der Waals surface area contributed by atoms with Gasteiger partial charge in [0.05, 0.1) is 11.6 Å². The van der Waals surface area contributed by atoms with Gasteiger partial charge in [0.15, 0.2) is 0 Å². The summed E-state index contributed by atoms with van der Waals surface area (Å²) in [5, 5.41) is 9.08. The van der Waals surface area contributed by atoms with Crippen LogP contribution >= 0.6 is 15.9 Å². The zero-order chi connectivity index (χ0) is 14.5. The van der Waals surface area contributed by atoms with Gasteiger partial charge in [-0.2, -0.15) is 5.26 Å². The molecule has 0 aliphatic heterocycles. The molecule has 0 unspecified atom stereocenters. The first-order valence-corrected chi connectivity index (χ1v) is 7.31. The molecule has 102 valence electrons. The molecule has 20 heavy (non-hydrogen) atoms. The molecule has 0 amide bonds. The third kappa shape index (κ3) is 3.40. The van der Waals surface area contributed by atoms with Crippen LogP contribution in [0.2, 0.25) is 0 Å². The molecule has 0 bridgehead atoms. The van der Waals surface area contributed by atoms with Gasteiger partial charge < -0.3 is 4.74 Å². The lowest BCUT2D eigenvalue weighted by atomic mass is 10.0. The number of nitrogens with zero attached hydrogens (tertiary/aromatic N) is 1. The Morgan fingerprint density at radius 1 is 1.20 bits per heavy atom. The predicted octanol–water partition coefficient (Wildman–Crippen LogP) is 5.02. The molecule has 3 heteroatoms. The third-order valence-electron chi connectivity index (χ3n) is 3.11. The Labute approximate surface area is 128 Å². The highest BCUT2D eigenvalue weighted by Crippen LogP contribution is 2.30. The Kier molecular flexibility index (Phi) is 4.81. The van der Waals surface area contributed by atoms with Crippen LogP contribution in [0.4, 0.5) is 0 Å². The molecule has 2 rings (SSSR count). The zero-order valence-electron chi connectivity index (χ0n) is 11.6. The SMILES string of the molecule is CC(C)c1cc(Br)ccc1OCc1ccccc1C#N. The molecule has 0 saturated heterocycles. The maximum absolute atomic E-state index is 9.08. The van der Waals surface area contributed by atoms with Gasteiger partial charge in [-0.15, -0.1) is 0 Å². The number of hydrogen-bond acceptors (Lipinski definition) is 2. The monoisotopic (exact) mass is 329 g/mol. The van der Waals surface area contributed by atoms with Crippen LogP contribution in [0.3, 0.4) is 0 Å². The predicted molar refractivity (Wildman–Crippen MR) is 83.7 cm³/mol. The smallest absolute Gasteiger partial charge is 0.123 e. The minimum absolute atomic E-state index is 0.383. The van der Waals surface area contributed by atoms with Crippen LogP contribution in [-0.4, -0.2) is 0 Å². The molecule has 0 spiro atoms. The van der Waals surface area contributed by atoms with E-state index in [0.717, 1.165) is 21.3 Å². The first-order chi connectivity index (χ1) is 9.61. The number of halogens is 1. The molecule has 0 radical (unpaired) electrons. The summed E-state index contributed by atoms with van der Waals surface area (Å²) < 4.78 is 6.96. The minimum Gasteiger partial charge on any atom is -0.489 e. The number of rotatable bonds is 4. The highest BCUT2D eigenvalue weighted by atomic mass is 79.9. The fourth-order valence-electron chi connectivity index (χ4n) is 2.01. The topological polar surface area (TPSA) is 33.0 Å². The van der Waals surface area contributed by atoms with Gasteiger partial charge in [0, 0.05) is 10.0 Å². The van der Waals surface area contributed by atoms with Crippen LogP contribution in [0.5, 0.6) is 5.75 Å². The molecule has 0 saturated carbocycles. The number of benzene rings is 2. The van der Waals surface area contributed by atoms with Crippen molar-refractivity contribution in [1.29, 1.82) is 5.26 Å². The van der Waals surface area contributed by atoms with E-state index in [2.05, 4.69) is 41.9 Å². The molecular formula is C17H16BrNO. The molecule has 2 aromatic carbocycles. The Hall–Kier alpha value is -1.79. The van der Waals surface area contributed by atoms with Crippen molar-refractivity contribution in [3.05, 3.63) is 63.6 Å². The fraction of sp³-hybridized carbons (Fsp3) is 0.235. The van der Waals surface area contributed by atoms with Crippen LogP contribution in [0, 0.1) is 11.3 Å². The van der Waals surface area contributed by atoms with E-state index < -0.39 is 0 Å². The Morgan fingerprint density at radius 2 is 1.95 bits per heavy atom. The van der Waals surface area contributed by atoms with Gasteiger partial charge in [-0.3, -0.25) is 0 Å². The summed E-state index contributed by atoms with van der Waals surface area (Å²) in [6, 6.07) is 15.7. The number of hydrogen-bond donors (Lipinski definition) is 0. The standard InChI is InChI=1S/C17H16BrNO/c1-12(2)16-9-15(18)7-8-17(16)20-11-14-6-4-3-5-13(14)10-19/h3-9,12H,11H2,1-2H3. The van der Waals surface area contributed by atoms with Gasteiger partial charge in [0.1, 0.15) is 12.4 Å². The molecule has 0 atom stereocenters. The van der Waals surface area contributed by atoms with Gasteiger partial charge in [0.2, 0.25) is 0 Å². The minimum atomic E-state index is 0.383. The lowest BCUT2D eigenvalue weighted by Gasteiger charge is -2.15. The van der Waals surface area contributed by atoms with E-state index >= 15 is 0 Å². The molecule has 0 fully saturated rings. The number of nitriles is 1. The normalized spacial score (nSPS) is 10.3. The van der Waals surface area contributed by atoms with Gasteiger partial charge in [-0.25, -0.2) is 0 Å². The lowest BCUT2D eigenvalue weighted by Crippen LogP contribution is -2.01. The van der Waals surface area contributed by atoms with Crippen molar-refractivity contribution in [2.45, 2.75) is 26.4 Å². The molecule has 0 heterocycles. The van der Waals surface area contributed by atoms with Gasteiger partial charge in [-0.1, -0.05) is 48.0 Å². The second-order valence-electron chi connectivity index (χ2n) is 4.89. The Balaban J connectivity index is 2.21. The van der Waals surface area contributed by atoms with Crippen molar-refractivity contribution < 1.29 is 4.74 Å². The second kappa shape index (κ2) is 6.58. The molecule has 0 aliphatic rings. The molecule has 0 N–H and O–H groups in total. The van der Waals surface area contributed by atoms with Crippen LogP contribution in [0.15, 0.2) is 46.9 Å². The first-order valence-electron chi connectivity index (χ1n) is 6.52. The van der Waals surface area contributed by atoms with Crippen LogP contribution in [0.25, 0.3) is 0 Å². The molecule has 2 nitrogen and oxygen atoms in total. The summed E-state index contributed by atoms with van der Waals surface area (Å²) in [5.41, 5.74) is 2.73. The van der Waals surface area contributed by atoms with Crippen molar-refractivity contribution in [1.82, 2.24) is 0 Å². The molecular weight excluding hydrogens is 314 g/mol. The molecule has 2 aromatic rings. The van der Waals surface area contributed by atoms with E-state index in [9.17, 15) is 0 Å². The van der Waals surface area contributed by atoms with E-state index in [4.69, 9.17) is 10.00 Å². The zero-order valence-corrected chi connectivity index (χ0v) is 13.1. The van der Waals surface area contributed by atoms with Gasteiger partial charge in [0.25, 0.3) is 0 Å². The van der Waals surface area contributed by atoms with Crippen LogP contribution in [-0.2, 0) is 6.61 Å². The van der Waals surface area contributed by atoms with Crippen LogP contribution in [0.1, 0.15) is 36.5 Å². The van der Waals surface area contributed by atoms with E-state index in [-0.39, 0.29) is 0 Å². The van der Waals surface area contributed by atoms with Crippen molar-refractivity contribution in [2.24, 2.45) is 0 Å². The van der Waals surface area contributed by atoms with Crippen molar-refractivity contribution in [3.63, 3.8) is 0 Å². The maximum Gasteiger partial charge on any atom is 0.123 e. The average molecular weight is 330 g/mol. The van der Waals surface area contributed by atoms with Crippen molar-refractivity contribution in [3.8, 4) is 11.8 Å². The van der Waals surface area contributed by atoms with Crippen molar-refractivity contribution in [2.75, 3.05) is 0 Å².